The Kier molecular flexibility index (Phi) is 3.98. The van der Waals surface area contributed by atoms with Gasteiger partial charge < -0.3 is 14.8 Å². The minimum atomic E-state index is -4.71. The van der Waals surface area contributed by atoms with Crippen LogP contribution in [0.25, 0.3) is 11.4 Å². The fourth-order valence-electron chi connectivity index (χ4n) is 1.95. The van der Waals surface area contributed by atoms with Gasteiger partial charge in [-0.05, 0) is 30.3 Å². The van der Waals surface area contributed by atoms with Crippen LogP contribution in [0, 0.1) is 11.3 Å². The van der Waals surface area contributed by atoms with Crippen molar-refractivity contribution in [3.8, 4) is 17.5 Å². The van der Waals surface area contributed by atoms with Gasteiger partial charge >= 0.3 is 12.1 Å². The fraction of sp³-hybridized carbons (Fsp3) is 0.0667. The highest BCUT2D eigenvalue weighted by Crippen LogP contribution is 2.29. The van der Waals surface area contributed by atoms with Crippen LogP contribution in [-0.4, -0.2) is 21.0 Å². The Morgan fingerprint density at radius 2 is 2.00 bits per heavy atom. The number of H-pyrrole nitrogens is 1. The van der Waals surface area contributed by atoms with Crippen LogP contribution in [0.1, 0.15) is 21.9 Å². The average Bonchev–Trinajstić information content (AvgIpc) is 3.24. The molecule has 1 aromatic carbocycles. The lowest BCUT2D eigenvalue weighted by Gasteiger charge is -2.04. The predicted octanol–water partition coefficient (Wildman–Crippen LogP) is 3.21. The highest BCUT2D eigenvalue weighted by atomic mass is 19.4. The van der Waals surface area contributed by atoms with E-state index in [1.54, 1.807) is 0 Å². The maximum atomic E-state index is 12.4. The number of nitrogens with one attached hydrogen (secondary N) is 2. The molecule has 0 atom stereocenters. The molecule has 0 aliphatic heterocycles. The Morgan fingerprint density at radius 1 is 1.28 bits per heavy atom. The molecular weight excluding hydrogens is 339 g/mol. The molecule has 0 aliphatic rings. The van der Waals surface area contributed by atoms with Crippen LogP contribution in [0.2, 0.25) is 0 Å². The Bertz CT molecular complexity index is 951. The number of nitrogens with zero attached hydrogens (tertiary/aromatic N) is 3. The summed E-state index contributed by atoms with van der Waals surface area (Å²) in [5.41, 5.74) is 1.22. The highest BCUT2D eigenvalue weighted by Gasteiger charge is 2.38. The molecule has 3 aromatic rings. The van der Waals surface area contributed by atoms with Crippen LogP contribution in [0.15, 0.2) is 41.1 Å². The van der Waals surface area contributed by atoms with Gasteiger partial charge in [0.2, 0.25) is 5.82 Å². The first-order valence-corrected chi connectivity index (χ1v) is 6.78. The first-order valence-electron chi connectivity index (χ1n) is 6.78. The van der Waals surface area contributed by atoms with Crippen LogP contribution in [0.3, 0.4) is 0 Å². The zero-order chi connectivity index (χ0) is 18.0. The molecule has 0 unspecified atom stereocenters. The van der Waals surface area contributed by atoms with Crippen molar-refractivity contribution in [2.24, 2.45) is 0 Å². The Hall–Kier alpha value is -3.61. The standard InChI is InChI=1S/C15H8F3N5O2/c16-15(17,18)14-22-12(23-25-14)9-1-3-10(4-2-9)21-13(24)11-5-8(6-19)7-20-11/h1-5,7,20H,(H,21,24). The molecule has 0 aliphatic carbocycles. The van der Waals surface area contributed by atoms with Gasteiger partial charge in [-0.2, -0.15) is 23.4 Å². The molecule has 10 heteroatoms. The molecule has 0 radical (unpaired) electrons. The van der Waals surface area contributed by atoms with E-state index in [-0.39, 0.29) is 11.5 Å². The molecule has 7 nitrogen and oxygen atoms in total. The number of benzene rings is 1. The number of aromatic nitrogens is 3. The Labute approximate surface area is 138 Å². The first kappa shape index (κ1) is 16.3. The maximum Gasteiger partial charge on any atom is 0.471 e. The number of carbonyl (C=O) groups is 1. The van der Waals surface area contributed by atoms with Gasteiger partial charge in [-0.25, -0.2) is 0 Å². The largest absolute Gasteiger partial charge is 0.471 e. The number of hydrogen-bond donors (Lipinski definition) is 2. The smallest absolute Gasteiger partial charge is 0.356 e. The summed E-state index contributed by atoms with van der Waals surface area (Å²) >= 11 is 0. The topological polar surface area (TPSA) is 108 Å². The van der Waals surface area contributed by atoms with Crippen LogP contribution in [-0.2, 0) is 6.18 Å². The van der Waals surface area contributed by atoms with E-state index >= 15 is 0 Å². The summed E-state index contributed by atoms with van der Waals surface area (Å²) in [6, 6.07) is 9.12. The molecule has 0 spiro atoms. The number of carbonyl (C=O) groups excluding carboxylic acids is 1. The van der Waals surface area contributed by atoms with Gasteiger partial charge in [-0.3, -0.25) is 4.79 Å². The van der Waals surface area contributed by atoms with Gasteiger partial charge in [0.05, 0.1) is 5.56 Å². The normalized spacial score (nSPS) is 11.1. The number of halogens is 3. The van der Waals surface area contributed by atoms with Crippen molar-refractivity contribution in [2.75, 3.05) is 5.32 Å². The number of nitriles is 1. The third kappa shape index (κ3) is 3.50. The lowest BCUT2D eigenvalue weighted by Crippen LogP contribution is -2.12. The van der Waals surface area contributed by atoms with Gasteiger partial charge in [0.15, 0.2) is 0 Å². The molecular formula is C15H8F3N5O2. The molecule has 0 saturated heterocycles. The summed E-state index contributed by atoms with van der Waals surface area (Å²) in [7, 11) is 0. The minimum Gasteiger partial charge on any atom is -0.356 e. The zero-order valence-corrected chi connectivity index (χ0v) is 12.3. The van der Waals surface area contributed by atoms with Crippen LogP contribution in [0.4, 0.5) is 18.9 Å². The lowest BCUT2D eigenvalue weighted by molar-refractivity contribution is -0.159. The number of rotatable bonds is 3. The van der Waals surface area contributed by atoms with Gasteiger partial charge in [0, 0.05) is 17.4 Å². The van der Waals surface area contributed by atoms with E-state index in [9.17, 15) is 18.0 Å². The maximum absolute atomic E-state index is 12.4. The minimum absolute atomic E-state index is 0.202. The number of anilines is 1. The SMILES string of the molecule is N#Cc1c[nH]c(C(=O)Nc2ccc(-c3noc(C(F)(F)F)n3)cc2)c1. The summed E-state index contributed by atoms with van der Waals surface area (Å²) in [5.74, 6) is -2.11. The van der Waals surface area contributed by atoms with Crippen LogP contribution in [0.5, 0.6) is 0 Å². The fourth-order valence-corrected chi connectivity index (χ4v) is 1.95. The predicted molar refractivity (Wildman–Crippen MR) is 78.2 cm³/mol. The first-order chi connectivity index (χ1) is 11.9. The molecule has 2 N–H and O–H groups in total. The summed E-state index contributed by atoms with van der Waals surface area (Å²) < 4.78 is 41.5. The number of amides is 1. The van der Waals surface area contributed by atoms with Crippen LogP contribution >= 0.6 is 0 Å². The van der Waals surface area contributed by atoms with E-state index in [0.717, 1.165) is 0 Å². The van der Waals surface area contributed by atoms with Gasteiger partial charge in [0.25, 0.3) is 5.91 Å². The number of hydrogen-bond acceptors (Lipinski definition) is 5. The molecule has 1 amide bonds. The molecule has 2 heterocycles. The Balaban J connectivity index is 1.73. The molecule has 0 saturated carbocycles. The summed E-state index contributed by atoms with van der Waals surface area (Å²) in [6.07, 6.45) is -3.32. The van der Waals surface area contributed by atoms with Crippen molar-refractivity contribution in [1.82, 2.24) is 15.1 Å². The van der Waals surface area contributed by atoms with E-state index in [1.807, 2.05) is 6.07 Å². The zero-order valence-electron chi connectivity index (χ0n) is 12.3. The van der Waals surface area contributed by atoms with Crippen molar-refractivity contribution in [2.45, 2.75) is 6.18 Å². The third-order valence-corrected chi connectivity index (χ3v) is 3.13. The van der Waals surface area contributed by atoms with Crippen molar-refractivity contribution in [3.63, 3.8) is 0 Å². The molecule has 0 bridgehead atoms. The monoisotopic (exact) mass is 347 g/mol. The average molecular weight is 347 g/mol. The van der Waals surface area contributed by atoms with Crippen molar-refractivity contribution < 1.29 is 22.5 Å². The summed E-state index contributed by atoms with van der Waals surface area (Å²) in [4.78, 5) is 17.9. The van der Waals surface area contributed by atoms with E-state index in [0.29, 0.717) is 16.8 Å². The second-order valence-corrected chi connectivity index (χ2v) is 4.87. The molecule has 3 rings (SSSR count). The van der Waals surface area contributed by atoms with E-state index < -0.39 is 18.0 Å². The van der Waals surface area contributed by atoms with Gasteiger partial charge in [-0.1, -0.05) is 5.16 Å². The van der Waals surface area contributed by atoms with Crippen molar-refractivity contribution in [3.05, 3.63) is 53.7 Å². The van der Waals surface area contributed by atoms with Crippen LogP contribution < -0.4 is 5.32 Å². The second kappa shape index (κ2) is 6.12. The Morgan fingerprint density at radius 3 is 2.56 bits per heavy atom. The quantitative estimate of drug-likeness (QED) is 0.756. The van der Waals surface area contributed by atoms with E-state index in [1.165, 1.54) is 36.5 Å². The second-order valence-electron chi connectivity index (χ2n) is 4.87. The van der Waals surface area contributed by atoms with Gasteiger partial charge in [0.1, 0.15) is 11.8 Å². The van der Waals surface area contributed by atoms with Crippen molar-refractivity contribution >= 4 is 11.6 Å². The number of aromatic amines is 1. The molecule has 2 aromatic heterocycles. The molecule has 0 fully saturated rings. The van der Waals surface area contributed by atoms with E-state index in [4.69, 9.17) is 5.26 Å². The molecule has 126 valence electrons. The third-order valence-electron chi connectivity index (χ3n) is 3.13. The summed E-state index contributed by atoms with van der Waals surface area (Å²) in [5, 5.41) is 14.6. The van der Waals surface area contributed by atoms with E-state index in [2.05, 4.69) is 25.0 Å². The van der Waals surface area contributed by atoms with Gasteiger partial charge in [-0.15, -0.1) is 0 Å². The lowest BCUT2D eigenvalue weighted by atomic mass is 10.2. The van der Waals surface area contributed by atoms with Crippen molar-refractivity contribution in [1.29, 1.82) is 5.26 Å². The molecule has 25 heavy (non-hydrogen) atoms. The number of alkyl halides is 3. The highest BCUT2D eigenvalue weighted by molar-refractivity contribution is 6.03. The summed E-state index contributed by atoms with van der Waals surface area (Å²) in [6.45, 7) is 0.